The molecule has 0 heterocycles. The number of nitrogens with zero attached hydrogens (tertiary/aromatic N) is 1. The summed E-state index contributed by atoms with van der Waals surface area (Å²) in [6.07, 6.45) is 7.51. The van der Waals surface area contributed by atoms with E-state index in [4.69, 9.17) is 0 Å². The highest BCUT2D eigenvalue weighted by molar-refractivity contribution is 6.91. The third-order valence-corrected chi connectivity index (χ3v) is 33.8. The number of hydrogen-bond donors (Lipinski definition) is 0. The van der Waals surface area contributed by atoms with Crippen LogP contribution in [-0.4, -0.2) is 48.4 Å². The fourth-order valence-corrected chi connectivity index (χ4v) is 22.0. The fraction of sp³-hybridized carbons (Fsp3) is 0.310. The lowest BCUT2D eigenvalue weighted by molar-refractivity contribution is 0.640. The van der Waals surface area contributed by atoms with Gasteiger partial charge in [0.1, 0.15) is 0 Å². The van der Waals surface area contributed by atoms with Crippen LogP contribution in [0.5, 0.6) is 0 Å². The van der Waals surface area contributed by atoms with Crippen LogP contribution in [0.3, 0.4) is 0 Å². The summed E-state index contributed by atoms with van der Waals surface area (Å²) < 4.78 is 0. The Bertz CT molecular complexity index is 4110. The van der Waals surface area contributed by atoms with Gasteiger partial charge in [-0.3, -0.25) is 0 Å². The second kappa shape index (κ2) is 23.3. The van der Waals surface area contributed by atoms with Crippen LogP contribution in [0.25, 0.3) is 34.9 Å². The van der Waals surface area contributed by atoms with Gasteiger partial charge in [0.15, 0.2) is 0 Å². The van der Waals surface area contributed by atoms with Crippen molar-refractivity contribution in [2.45, 2.75) is 176 Å². The van der Waals surface area contributed by atoms with E-state index in [1.807, 2.05) is 0 Å². The van der Waals surface area contributed by atoms with Gasteiger partial charge in [-0.15, -0.1) is 0 Å². The van der Waals surface area contributed by atoms with Gasteiger partial charge in [-0.2, -0.15) is 0 Å². The predicted molar refractivity (Wildman–Crippen MR) is 435 cm³/mol. The third-order valence-electron chi connectivity index (χ3n) is 21.5. The van der Waals surface area contributed by atoms with Gasteiger partial charge in [0.05, 0.1) is 48.4 Å². The molecule has 9 aromatic rings. The zero-order chi connectivity index (χ0) is 68.0. The van der Waals surface area contributed by atoms with Crippen molar-refractivity contribution in [3.05, 3.63) is 265 Å². The lowest BCUT2D eigenvalue weighted by Gasteiger charge is -2.32. The number of hydrogen-bond acceptors (Lipinski definition) is 1. The summed E-state index contributed by atoms with van der Waals surface area (Å²) in [5, 5.41) is 9.06. The van der Waals surface area contributed by atoms with Crippen molar-refractivity contribution in [3.63, 3.8) is 0 Å². The van der Waals surface area contributed by atoms with E-state index >= 15 is 0 Å². The largest absolute Gasteiger partial charge is 0.311 e. The Morgan fingerprint density at radius 3 is 0.617 bits per heavy atom. The molecule has 94 heavy (non-hydrogen) atoms. The summed E-state index contributed by atoms with van der Waals surface area (Å²) in [6.45, 7) is 59.5. The zero-order valence-corrected chi connectivity index (χ0v) is 67.5. The summed E-state index contributed by atoms with van der Waals surface area (Å²) in [5.74, 6) is 0. The summed E-state index contributed by atoms with van der Waals surface area (Å²) in [5.41, 5.74) is 26.8. The molecule has 0 aliphatic heterocycles. The van der Waals surface area contributed by atoms with Crippen LogP contribution in [-0.2, 0) is 16.2 Å². The maximum atomic E-state index is 2.59. The average molecular weight is 1330 g/mol. The molecule has 0 bridgehead atoms. The molecule has 1 nitrogen and oxygen atoms in total. The first-order chi connectivity index (χ1) is 43.6. The number of fused-ring (bicyclic) bond motifs is 6. The first-order valence-corrected chi connectivity index (χ1v) is 55.8. The number of rotatable bonds is 12. The quantitative estimate of drug-likeness (QED) is 0.110. The van der Waals surface area contributed by atoms with Crippen molar-refractivity contribution in [3.8, 4) is 0 Å². The van der Waals surface area contributed by atoms with E-state index in [0.717, 1.165) is 17.1 Å². The van der Waals surface area contributed by atoms with Crippen LogP contribution in [0.15, 0.2) is 182 Å². The topological polar surface area (TPSA) is 3.24 Å². The average Bonchev–Trinajstić information content (AvgIpc) is 1.55. The summed E-state index contributed by atoms with van der Waals surface area (Å²) >= 11 is 0. The minimum Gasteiger partial charge on any atom is -0.311 e. The van der Waals surface area contributed by atoms with Crippen LogP contribution in [0.2, 0.25) is 118 Å². The normalized spacial score (nSPS) is 15.9. The Balaban J connectivity index is 1.03. The minimum absolute atomic E-state index is 0.200. The van der Waals surface area contributed by atoms with Crippen LogP contribution < -0.4 is 36.0 Å². The SMILES string of the molecule is CC1(C)c2cc([Si](C)(C)C)ccc2C=C(c2ccc(N(c3ccc(C4=Cc5ccc([Si](C)(C)C)cc5C(C)(C)c5cc([Si](C)(C)C)ccc54)cc3)c3ccc(C4=Cc5ccc([Si](C)(C)C)cc5C(C)(C)c5cc([Si](C)(C)C)ccc54)cc3)cc2)c2ccc([Si](C)(C)C)cc21. The maximum absolute atomic E-state index is 2.59. The van der Waals surface area contributed by atoms with Crippen molar-refractivity contribution >= 4 is 132 Å². The van der Waals surface area contributed by atoms with Gasteiger partial charge in [-0.25, -0.2) is 0 Å². The highest BCUT2D eigenvalue weighted by Crippen LogP contribution is 2.49. The summed E-state index contributed by atoms with van der Waals surface area (Å²) in [6, 6.07) is 73.4. The van der Waals surface area contributed by atoms with Gasteiger partial charge in [-0.1, -0.05) is 336 Å². The van der Waals surface area contributed by atoms with E-state index in [1.165, 1.54) is 131 Å². The molecule has 0 saturated heterocycles. The van der Waals surface area contributed by atoms with E-state index < -0.39 is 48.4 Å². The predicted octanol–water partition coefficient (Wildman–Crippen LogP) is 21.1. The molecular formula is C87H105NSi6. The molecule has 0 amide bonds. The van der Waals surface area contributed by atoms with Crippen LogP contribution in [0, 0.1) is 0 Å². The highest BCUT2D eigenvalue weighted by Gasteiger charge is 2.39. The zero-order valence-electron chi connectivity index (χ0n) is 61.5. The molecule has 3 aliphatic rings. The van der Waals surface area contributed by atoms with E-state index in [1.54, 1.807) is 0 Å². The van der Waals surface area contributed by atoms with Crippen molar-refractivity contribution in [2.24, 2.45) is 0 Å². The first kappa shape index (κ1) is 67.3. The Labute approximate surface area is 573 Å². The second-order valence-electron chi connectivity index (χ2n) is 35.7. The molecule has 0 atom stereocenters. The minimum atomic E-state index is -1.64. The molecule has 0 aromatic heterocycles. The summed E-state index contributed by atoms with van der Waals surface area (Å²) in [7, 11) is -9.74. The monoisotopic (exact) mass is 1330 g/mol. The van der Waals surface area contributed by atoms with Crippen molar-refractivity contribution in [1.29, 1.82) is 0 Å². The number of benzene rings is 9. The Hall–Kier alpha value is -6.70. The molecule has 12 rings (SSSR count). The number of anilines is 3. The Morgan fingerprint density at radius 2 is 0.415 bits per heavy atom. The standard InChI is InChI=1S/C87H105NSi6/c1-85(2)79-52-67(89(7,8)9)40-31-61(79)49-76(73-46-43-70(55-82(73)85)92(16,17)18)58-25-34-64(35-26-58)88(65-36-27-59(28-37-65)77-50-62-32-41-68(90(10,11)12)53-80(62)86(3,4)83-56-71(93(19,20)21)44-47-74(77)83)66-38-29-60(30-39-66)78-51-63-33-42-69(91(13,14)15)54-81(63)87(5,6)84-57-72(94(22,23)24)45-48-75(78)84/h25-57H,1-24H3. The van der Waals surface area contributed by atoms with Gasteiger partial charge < -0.3 is 4.90 Å². The van der Waals surface area contributed by atoms with Crippen molar-refractivity contribution < 1.29 is 0 Å². The van der Waals surface area contributed by atoms with Crippen molar-refractivity contribution in [2.75, 3.05) is 4.90 Å². The van der Waals surface area contributed by atoms with Crippen LogP contribution >= 0.6 is 0 Å². The summed E-state index contributed by atoms with van der Waals surface area (Å²) in [4.78, 5) is 2.49. The van der Waals surface area contributed by atoms with Gasteiger partial charge in [0.25, 0.3) is 0 Å². The molecule has 0 saturated carbocycles. The molecule has 0 spiro atoms. The van der Waals surface area contributed by atoms with Gasteiger partial charge in [0.2, 0.25) is 0 Å². The molecule has 0 fully saturated rings. The van der Waals surface area contributed by atoms with Gasteiger partial charge in [0, 0.05) is 33.3 Å². The molecule has 7 heteroatoms. The Morgan fingerprint density at radius 1 is 0.223 bits per heavy atom. The molecular weight excluding hydrogens is 1230 g/mol. The highest BCUT2D eigenvalue weighted by atomic mass is 28.3. The lowest BCUT2D eigenvalue weighted by Crippen LogP contribution is -2.40. The molecule has 3 aliphatic carbocycles. The Kier molecular flexibility index (Phi) is 16.7. The molecule has 0 N–H and O–H groups in total. The fourth-order valence-electron chi connectivity index (χ4n) is 15.0. The molecule has 482 valence electrons. The van der Waals surface area contributed by atoms with E-state index in [-0.39, 0.29) is 16.2 Å². The van der Waals surface area contributed by atoms with Gasteiger partial charge >= 0.3 is 0 Å². The molecule has 9 aromatic carbocycles. The first-order valence-electron chi connectivity index (χ1n) is 34.8. The van der Waals surface area contributed by atoms with Crippen LogP contribution in [0.1, 0.15) is 125 Å². The van der Waals surface area contributed by atoms with Gasteiger partial charge in [-0.05, 0) is 155 Å². The van der Waals surface area contributed by atoms with E-state index in [9.17, 15) is 0 Å². The third kappa shape index (κ3) is 12.4. The molecule has 0 radical (unpaired) electrons. The van der Waals surface area contributed by atoms with E-state index in [0.29, 0.717) is 0 Å². The molecule has 0 unspecified atom stereocenters. The smallest absolute Gasteiger partial charge is 0.0776 e. The van der Waals surface area contributed by atoms with E-state index in [2.05, 4.69) is 365 Å². The lowest BCUT2D eigenvalue weighted by atomic mass is 9.75. The second-order valence-corrected chi connectivity index (χ2v) is 66.2. The maximum Gasteiger partial charge on any atom is 0.0776 e. The van der Waals surface area contributed by atoms with Crippen molar-refractivity contribution in [1.82, 2.24) is 0 Å². The van der Waals surface area contributed by atoms with Crippen LogP contribution in [0.4, 0.5) is 17.1 Å².